The Morgan fingerprint density at radius 3 is 2.71 bits per heavy atom. The molecular formula is C19H16N2O3. The number of nitrogen functional groups attached to an aromatic ring is 1. The highest BCUT2D eigenvalue weighted by Crippen LogP contribution is 2.29. The van der Waals surface area contributed by atoms with Crippen molar-refractivity contribution in [2.45, 2.75) is 13.3 Å². The molecule has 1 heterocycles. The van der Waals surface area contributed by atoms with Crippen LogP contribution in [0.15, 0.2) is 46.9 Å². The van der Waals surface area contributed by atoms with E-state index in [0.29, 0.717) is 52.3 Å². The summed E-state index contributed by atoms with van der Waals surface area (Å²) in [6.07, 6.45) is 0.322. The van der Waals surface area contributed by atoms with Crippen LogP contribution in [0.1, 0.15) is 28.1 Å². The number of benzene rings is 2. The zero-order valence-electron chi connectivity index (χ0n) is 13.2. The van der Waals surface area contributed by atoms with Gasteiger partial charge in [-0.05, 0) is 49.4 Å². The zero-order valence-corrected chi connectivity index (χ0v) is 13.2. The second-order valence-corrected chi connectivity index (χ2v) is 5.40. The van der Waals surface area contributed by atoms with Gasteiger partial charge < -0.3 is 14.9 Å². The third-order valence-electron chi connectivity index (χ3n) is 3.71. The fourth-order valence-corrected chi connectivity index (χ4v) is 2.58. The molecule has 5 nitrogen and oxygen atoms in total. The molecule has 24 heavy (non-hydrogen) atoms. The van der Waals surface area contributed by atoms with E-state index in [-0.39, 0.29) is 5.78 Å². The van der Waals surface area contributed by atoms with Gasteiger partial charge >= 0.3 is 0 Å². The Hall–Kier alpha value is -3.26. The second kappa shape index (κ2) is 6.47. The van der Waals surface area contributed by atoms with Crippen molar-refractivity contribution in [3.8, 4) is 11.8 Å². The summed E-state index contributed by atoms with van der Waals surface area (Å²) in [5, 5.41) is 9.22. The number of ether oxygens (including phenoxy) is 1. The van der Waals surface area contributed by atoms with Crippen LogP contribution >= 0.6 is 0 Å². The van der Waals surface area contributed by atoms with Gasteiger partial charge in [-0.1, -0.05) is 0 Å². The molecule has 0 bridgehead atoms. The molecule has 3 aromatic rings. The maximum Gasteiger partial charge on any atom is 0.197 e. The van der Waals surface area contributed by atoms with Crippen molar-refractivity contribution < 1.29 is 13.9 Å². The SMILES string of the molecule is Cc1oc2ccc(N)cc2c1C(=O)c1ccc(OCCC#N)cc1. The van der Waals surface area contributed by atoms with Crippen LogP contribution in [0.2, 0.25) is 0 Å². The minimum absolute atomic E-state index is 0.125. The highest BCUT2D eigenvalue weighted by molar-refractivity contribution is 6.17. The van der Waals surface area contributed by atoms with E-state index in [1.165, 1.54) is 0 Å². The molecule has 5 heteroatoms. The lowest BCUT2D eigenvalue weighted by Crippen LogP contribution is -2.03. The first-order valence-corrected chi connectivity index (χ1v) is 7.53. The molecule has 0 saturated carbocycles. The predicted molar refractivity (Wildman–Crippen MR) is 91.0 cm³/mol. The normalized spacial score (nSPS) is 10.5. The largest absolute Gasteiger partial charge is 0.493 e. The molecule has 0 unspecified atom stereocenters. The molecule has 0 amide bonds. The molecule has 0 aliphatic rings. The van der Waals surface area contributed by atoms with Gasteiger partial charge in [-0.15, -0.1) is 0 Å². The third-order valence-corrected chi connectivity index (χ3v) is 3.71. The summed E-state index contributed by atoms with van der Waals surface area (Å²) in [6, 6.07) is 14.1. The molecule has 0 fully saturated rings. The zero-order chi connectivity index (χ0) is 17.1. The maximum atomic E-state index is 12.8. The molecule has 0 aliphatic heterocycles. The number of ketones is 1. The number of nitrogens with zero attached hydrogens (tertiary/aromatic N) is 1. The van der Waals surface area contributed by atoms with Gasteiger partial charge in [0.1, 0.15) is 23.7 Å². The smallest absolute Gasteiger partial charge is 0.197 e. The Balaban J connectivity index is 1.91. The van der Waals surface area contributed by atoms with Gasteiger partial charge in [0.15, 0.2) is 5.78 Å². The van der Waals surface area contributed by atoms with Gasteiger partial charge in [0, 0.05) is 16.6 Å². The molecule has 120 valence electrons. The first-order chi connectivity index (χ1) is 11.6. The van der Waals surface area contributed by atoms with E-state index in [9.17, 15) is 4.79 Å². The number of nitrogens with two attached hydrogens (primary N) is 1. The van der Waals surface area contributed by atoms with E-state index in [4.69, 9.17) is 20.1 Å². The van der Waals surface area contributed by atoms with E-state index in [0.717, 1.165) is 0 Å². The van der Waals surface area contributed by atoms with Gasteiger partial charge in [0.2, 0.25) is 0 Å². The van der Waals surface area contributed by atoms with Gasteiger partial charge in [-0.25, -0.2) is 0 Å². The first kappa shape index (κ1) is 15.6. The van der Waals surface area contributed by atoms with E-state index in [1.54, 1.807) is 49.4 Å². The van der Waals surface area contributed by atoms with Crippen molar-refractivity contribution in [3.63, 3.8) is 0 Å². The van der Waals surface area contributed by atoms with Gasteiger partial charge in [0.05, 0.1) is 18.1 Å². The van der Waals surface area contributed by atoms with Crippen LogP contribution in [-0.2, 0) is 0 Å². The predicted octanol–water partition coefficient (Wildman–Crippen LogP) is 3.85. The number of hydrogen-bond donors (Lipinski definition) is 1. The fraction of sp³-hybridized carbons (Fsp3) is 0.158. The number of anilines is 1. The van der Waals surface area contributed by atoms with Crippen LogP contribution < -0.4 is 10.5 Å². The van der Waals surface area contributed by atoms with Crippen molar-refractivity contribution in [2.75, 3.05) is 12.3 Å². The Labute approximate surface area is 139 Å². The van der Waals surface area contributed by atoms with Crippen LogP contribution in [0, 0.1) is 18.3 Å². The van der Waals surface area contributed by atoms with Gasteiger partial charge in [-0.3, -0.25) is 4.79 Å². The number of fused-ring (bicyclic) bond motifs is 1. The lowest BCUT2D eigenvalue weighted by atomic mass is 10.00. The summed E-state index contributed by atoms with van der Waals surface area (Å²) < 4.78 is 11.1. The number of rotatable bonds is 5. The Bertz CT molecular complexity index is 934. The van der Waals surface area contributed by atoms with Crippen molar-refractivity contribution >= 4 is 22.4 Å². The Kier molecular flexibility index (Phi) is 4.21. The van der Waals surface area contributed by atoms with Crippen molar-refractivity contribution in [1.29, 1.82) is 5.26 Å². The first-order valence-electron chi connectivity index (χ1n) is 7.53. The van der Waals surface area contributed by atoms with Crippen LogP contribution in [-0.4, -0.2) is 12.4 Å². The topological polar surface area (TPSA) is 89.2 Å². The average Bonchev–Trinajstić information content (AvgIpc) is 2.90. The molecule has 1 aromatic heterocycles. The molecule has 0 saturated heterocycles. The second-order valence-electron chi connectivity index (χ2n) is 5.40. The fourth-order valence-electron chi connectivity index (χ4n) is 2.58. The highest BCUT2D eigenvalue weighted by Gasteiger charge is 2.19. The van der Waals surface area contributed by atoms with Crippen LogP contribution in [0.3, 0.4) is 0 Å². The molecule has 0 spiro atoms. The summed E-state index contributed by atoms with van der Waals surface area (Å²) in [7, 11) is 0. The highest BCUT2D eigenvalue weighted by atomic mass is 16.5. The van der Waals surface area contributed by atoms with Gasteiger partial charge in [-0.2, -0.15) is 5.26 Å². The molecule has 0 aliphatic carbocycles. The van der Waals surface area contributed by atoms with E-state index in [2.05, 4.69) is 0 Å². The Morgan fingerprint density at radius 2 is 2.00 bits per heavy atom. The van der Waals surface area contributed by atoms with Crippen LogP contribution in [0.4, 0.5) is 5.69 Å². The van der Waals surface area contributed by atoms with E-state index < -0.39 is 0 Å². The molecule has 3 rings (SSSR count). The van der Waals surface area contributed by atoms with Gasteiger partial charge in [0.25, 0.3) is 0 Å². The summed E-state index contributed by atoms with van der Waals surface area (Å²) in [5.74, 6) is 1.06. The van der Waals surface area contributed by atoms with Crippen LogP contribution in [0.5, 0.6) is 5.75 Å². The average molecular weight is 320 g/mol. The number of hydrogen-bond acceptors (Lipinski definition) is 5. The molecule has 0 atom stereocenters. The Morgan fingerprint density at radius 1 is 1.25 bits per heavy atom. The number of nitriles is 1. The minimum atomic E-state index is -0.125. The molecular weight excluding hydrogens is 304 g/mol. The lowest BCUT2D eigenvalue weighted by Gasteiger charge is -2.05. The van der Waals surface area contributed by atoms with Crippen molar-refractivity contribution in [1.82, 2.24) is 0 Å². The summed E-state index contributed by atoms with van der Waals surface area (Å²) >= 11 is 0. The minimum Gasteiger partial charge on any atom is -0.493 e. The summed E-state index contributed by atoms with van der Waals surface area (Å²) in [6.45, 7) is 2.09. The number of carbonyl (C=O) groups excluding carboxylic acids is 1. The lowest BCUT2D eigenvalue weighted by molar-refractivity contribution is 0.103. The van der Waals surface area contributed by atoms with Crippen LogP contribution in [0.25, 0.3) is 11.0 Å². The standard InChI is InChI=1S/C19H16N2O3/c1-12-18(16-11-14(21)5-8-17(16)24-12)19(22)13-3-6-15(7-4-13)23-10-2-9-20/h3-8,11H,2,10,21H2,1H3. The third kappa shape index (κ3) is 2.95. The summed E-state index contributed by atoms with van der Waals surface area (Å²) in [5.41, 5.74) is 8.11. The molecule has 0 radical (unpaired) electrons. The number of carbonyl (C=O) groups is 1. The molecule has 2 N–H and O–H groups in total. The number of aryl methyl sites for hydroxylation is 1. The van der Waals surface area contributed by atoms with Crippen molar-refractivity contribution in [2.24, 2.45) is 0 Å². The molecule has 2 aromatic carbocycles. The number of furan rings is 1. The van der Waals surface area contributed by atoms with Crippen molar-refractivity contribution in [3.05, 3.63) is 59.4 Å². The summed E-state index contributed by atoms with van der Waals surface area (Å²) in [4.78, 5) is 12.8. The monoisotopic (exact) mass is 320 g/mol. The maximum absolute atomic E-state index is 12.8. The quantitative estimate of drug-likeness (QED) is 0.438. The van der Waals surface area contributed by atoms with E-state index >= 15 is 0 Å². The van der Waals surface area contributed by atoms with E-state index in [1.807, 2.05) is 6.07 Å².